The number of alkyl halides is 4. The molecule has 0 heterocycles. The van der Waals surface area contributed by atoms with Crippen LogP contribution in [0.3, 0.4) is 0 Å². The molecule has 1 aromatic rings. The van der Waals surface area contributed by atoms with Gasteiger partial charge in [-0.25, -0.2) is 8.78 Å². The minimum atomic E-state index is -4.19. The van der Waals surface area contributed by atoms with Gasteiger partial charge in [0.05, 0.1) is 11.5 Å². The van der Waals surface area contributed by atoms with E-state index in [0.717, 1.165) is 6.07 Å². The molecule has 9 heteroatoms. The number of nitro groups is 1. The van der Waals surface area contributed by atoms with E-state index in [9.17, 15) is 27.7 Å². The molecule has 0 saturated carbocycles. The average molecular weight is 301 g/mol. The minimum Gasteiger partial charge on any atom is -0.307 e. The fraction of sp³-hybridized carbons (Fsp3) is 0.400. The van der Waals surface area contributed by atoms with E-state index >= 15 is 0 Å². The van der Waals surface area contributed by atoms with Crippen molar-refractivity contribution in [3.05, 3.63) is 38.9 Å². The lowest BCUT2D eigenvalue weighted by molar-refractivity contribution is -0.385. The molecule has 0 radical (unpaired) electrons. The summed E-state index contributed by atoms with van der Waals surface area (Å²) in [5.74, 6) is -4.19. The van der Waals surface area contributed by atoms with E-state index in [0.29, 0.717) is 0 Å². The number of nitro benzene ring substituents is 1. The molecule has 19 heavy (non-hydrogen) atoms. The summed E-state index contributed by atoms with van der Waals surface area (Å²) in [6, 6.07) is 3.61. The molecule has 0 aromatic heterocycles. The van der Waals surface area contributed by atoms with Crippen LogP contribution < -0.4 is 5.32 Å². The summed E-state index contributed by atoms with van der Waals surface area (Å²) in [5, 5.41) is 12.9. The van der Waals surface area contributed by atoms with Crippen molar-refractivity contribution in [3.63, 3.8) is 0 Å². The van der Waals surface area contributed by atoms with Crippen molar-refractivity contribution in [1.29, 1.82) is 0 Å². The van der Waals surface area contributed by atoms with E-state index in [4.69, 9.17) is 11.6 Å². The van der Waals surface area contributed by atoms with Crippen LogP contribution in [-0.2, 0) is 6.54 Å². The molecule has 0 unspecified atom stereocenters. The summed E-state index contributed by atoms with van der Waals surface area (Å²) in [7, 11) is 0. The minimum absolute atomic E-state index is 0.0440. The van der Waals surface area contributed by atoms with Crippen molar-refractivity contribution < 1.29 is 22.5 Å². The van der Waals surface area contributed by atoms with Gasteiger partial charge in [0.15, 0.2) is 0 Å². The normalized spacial score (nSPS) is 11.9. The molecular weight excluding hydrogens is 292 g/mol. The van der Waals surface area contributed by atoms with Gasteiger partial charge in [-0.1, -0.05) is 11.6 Å². The molecule has 1 aromatic carbocycles. The molecule has 1 rings (SSSR count). The first-order chi connectivity index (χ1) is 8.74. The van der Waals surface area contributed by atoms with Crippen molar-refractivity contribution >= 4 is 17.3 Å². The second-order valence-corrected chi connectivity index (χ2v) is 4.13. The Morgan fingerprint density at radius 1 is 1.42 bits per heavy atom. The van der Waals surface area contributed by atoms with E-state index in [1.54, 1.807) is 0 Å². The standard InChI is InChI=1S/C10H9ClF4N2O2/c11-7-1-2-8(17(18)19)6(3-7)4-16-5-10(14,15)9(12)13/h1-3,9,16H,4-5H2. The highest BCUT2D eigenvalue weighted by Crippen LogP contribution is 2.24. The fourth-order valence-corrected chi connectivity index (χ4v) is 1.51. The molecule has 0 aliphatic heterocycles. The Balaban J connectivity index is 2.73. The van der Waals surface area contributed by atoms with Gasteiger partial charge in [-0.15, -0.1) is 0 Å². The van der Waals surface area contributed by atoms with Crippen LogP contribution in [0, 0.1) is 10.1 Å². The predicted octanol–water partition coefficient (Wildman–Crippen LogP) is 3.24. The van der Waals surface area contributed by atoms with Crippen LogP contribution >= 0.6 is 11.6 Å². The highest BCUT2D eigenvalue weighted by atomic mass is 35.5. The molecule has 0 fully saturated rings. The Hall–Kier alpha value is -1.41. The Bertz CT molecular complexity index is 471. The molecule has 0 spiro atoms. The number of nitrogens with zero attached hydrogens (tertiary/aromatic N) is 1. The molecule has 0 bridgehead atoms. The lowest BCUT2D eigenvalue weighted by Crippen LogP contribution is -2.38. The van der Waals surface area contributed by atoms with E-state index in [1.165, 1.54) is 12.1 Å². The largest absolute Gasteiger partial charge is 0.319 e. The number of hydrogen-bond acceptors (Lipinski definition) is 3. The predicted molar refractivity (Wildman–Crippen MR) is 60.8 cm³/mol. The number of hydrogen-bond donors (Lipinski definition) is 1. The molecule has 0 saturated heterocycles. The third-order valence-corrected chi connectivity index (χ3v) is 2.47. The zero-order chi connectivity index (χ0) is 14.6. The number of nitrogens with one attached hydrogen (secondary N) is 1. The van der Waals surface area contributed by atoms with Crippen LogP contribution in [0.5, 0.6) is 0 Å². The quantitative estimate of drug-likeness (QED) is 0.498. The highest BCUT2D eigenvalue weighted by molar-refractivity contribution is 6.30. The first-order valence-electron chi connectivity index (χ1n) is 5.03. The fourth-order valence-electron chi connectivity index (χ4n) is 1.31. The van der Waals surface area contributed by atoms with Gasteiger partial charge in [0, 0.05) is 23.2 Å². The molecule has 0 aliphatic carbocycles. The Morgan fingerprint density at radius 2 is 2.05 bits per heavy atom. The van der Waals surface area contributed by atoms with E-state index in [1.807, 2.05) is 0 Å². The van der Waals surface area contributed by atoms with E-state index < -0.39 is 23.8 Å². The lowest BCUT2D eigenvalue weighted by Gasteiger charge is -2.15. The van der Waals surface area contributed by atoms with Crippen LogP contribution in [0.4, 0.5) is 23.2 Å². The van der Waals surface area contributed by atoms with Gasteiger partial charge in [-0.3, -0.25) is 10.1 Å². The van der Waals surface area contributed by atoms with Gasteiger partial charge in [-0.05, 0) is 12.1 Å². The maximum Gasteiger partial charge on any atom is 0.319 e. The molecule has 0 atom stereocenters. The monoisotopic (exact) mass is 300 g/mol. The topological polar surface area (TPSA) is 55.2 Å². The van der Waals surface area contributed by atoms with Crippen LogP contribution in [-0.4, -0.2) is 23.8 Å². The van der Waals surface area contributed by atoms with E-state index in [-0.39, 0.29) is 22.8 Å². The molecule has 0 aliphatic rings. The first kappa shape index (κ1) is 15.6. The van der Waals surface area contributed by atoms with Crippen molar-refractivity contribution in [2.75, 3.05) is 6.54 Å². The summed E-state index contributed by atoms with van der Waals surface area (Å²) in [5.41, 5.74) is -0.278. The Kier molecular flexibility index (Phi) is 5.07. The van der Waals surface area contributed by atoms with Crippen LogP contribution in [0.1, 0.15) is 5.56 Å². The zero-order valence-electron chi connectivity index (χ0n) is 9.38. The first-order valence-corrected chi connectivity index (χ1v) is 5.41. The SMILES string of the molecule is O=[N+]([O-])c1ccc(Cl)cc1CNCC(F)(F)C(F)F. The molecule has 4 nitrogen and oxygen atoms in total. The second kappa shape index (κ2) is 6.16. The summed E-state index contributed by atoms with van der Waals surface area (Å²) in [6.45, 7) is -1.65. The average Bonchev–Trinajstić information content (AvgIpc) is 2.28. The van der Waals surface area contributed by atoms with Crippen LogP contribution in [0.25, 0.3) is 0 Å². The summed E-state index contributed by atoms with van der Waals surface area (Å²) in [4.78, 5) is 9.96. The highest BCUT2D eigenvalue weighted by Gasteiger charge is 2.40. The van der Waals surface area contributed by atoms with Crippen LogP contribution in [0.2, 0.25) is 5.02 Å². The zero-order valence-corrected chi connectivity index (χ0v) is 10.1. The lowest BCUT2D eigenvalue weighted by atomic mass is 10.2. The van der Waals surface area contributed by atoms with Crippen molar-refractivity contribution in [3.8, 4) is 0 Å². The van der Waals surface area contributed by atoms with Gasteiger partial charge >= 0.3 is 12.3 Å². The van der Waals surface area contributed by atoms with Gasteiger partial charge in [0.2, 0.25) is 0 Å². The summed E-state index contributed by atoms with van der Waals surface area (Å²) >= 11 is 5.62. The smallest absolute Gasteiger partial charge is 0.307 e. The maximum atomic E-state index is 12.6. The van der Waals surface area contributed by atoms with Gasteiger partial charge in [0.25, 0.3) is 5.69 Å². The van der Waals surface area contributed by atoms with Crippen LogP contribution in [0.15, 0.2) is 18.2 Å². The van der Waals surface area contributed by atoms with Crippen molar-refractivity contribution in [2.24, 2.45) is 0 Å². The number of rotatable bonds is 6. The Morgan fingerprint density at radius 3 is 2.58 bits per heavy atom. The number of benzene rings is 1. The molecular formula is C10H9ClF4N2O2. The van der Waals surface area contributed by atoms with Crippen molar-refractivity contribution in [2.45, 2.75) is 18.9 Å². The maximum absolute atomic E-state index is 12.6. The summed E-state index contributed by atoms with van der Waals surface area (Å²) < 4.78 is 49.0. The third kappa shape index (κ3) is 4.32. The van der Waals surface area contributed by atoms with Gasteiger partial charge in [-0.2, -0.15) is 8.78 Å². The molecule has 106 valence electrons. The Labute approximate surface area is 110 Å². The van der Waals surface area contributed by atoms with Gasteiger partial charge < -0.3 is 5.32 Å². The van der Waals surface area contributed by atoms with Gasteiger partial charge in [0.1, 0.15) is 0 Å². The van der Waals surface area contributed by atoms with E-state index in [2.05, 4.69) is 5.32 Å². The third-order valence-electron chi connectivity index (χ3n) is 2.23. The second-order valence-electron chi connectivity index (χ2n) is 3.70. The molecule has 1 N–H and O–H groups in total. The number of halogens is 5. The van der Waals surface area contributed by atoms with Crippen molar-refractivity contribution in [1.82, 2.24) is 5.32 Å². The summed E-state index contributed by atoms with van der Waals surface area (Å²) in [6.07, 6.45) is -3.80. The molecule has 0 amide bonds.